The number of nitrogen functional groups attached to an aromatic ring is 1. The first-order chi connectivity index (χ1) is 13.7. The molecule has 2 heterocycles. The van der Waals surface area contributed by atoms with Gasteiger partial charge in [0.2, 0.25) is 0 Å². The predicted octanol–water partition coefficient (Wildman–Crippen LogP) is 2.26. The molecule has 2 amide bonds. The van der Waals surface area contributed by atoms with Crippen LogP contribution in [0.1, 0.15) is 45.2 Å². The molecular formula is C19H20N2O6S2. The highest BCUT2D eigenvalue weighted by Crippen LogP contribution is 2.41. The average molecular weight is 437 g/mol. The summed E-state index contributed by atoms with van der Waals surface area (Å²) >= 11 is 1.11. The fraction of sp³-hybridized carbons (Fsp3) is 0.368. The molecule has 29 heavy (non-hydrogen) atoms. The number of anilines is 1. The van der Waals surface area contributed by atoms with Gasteiger partial charge in [0.05, 0.1) is 41.1 Å². The Kier molecular flexibility index (Phi) is 4.78. The number of carbonyl (C=O) groups is 2. The molecule has 1 aliphatic carbocycles. The largest absolute Gasteiger partial charge is 0.493 e. The van der Waals surface area contributed by atoms with Crippen molar-refractivity contribution in [3.8, 4) is 11.5 Å². The van der Waals surface area contributed by atoms with Gasteiger partial charge >= 0.3 is 0 Å². The van der Waals surface area contributed by atoms with Crippen molar-refractivity contribution in [1.29, 1.82) is 0 Å². The molecular weight excluding hydrogens is 416 g/mol. The predicted molar refractivity (Wildman–Crippen MR) is 108 cm³/mol. The molecule has 0 spiro atoms. The molecule has 2 aromatic rings. The molecule has 1 fully saturated rings. The van der Waals surface area contributed by atoms with Crippen molar-refractivity contribution < 1.29 is 27.5 Å². The van der Waals surface area contributed by atoms with Crippen molar-refractivity contribution in [2.24, 2.45) is 0 Å². The number of methoxy groups -OCH3 is 1. The first-order valence-corrected chi connectivity index (χ1v) is 11.9. The Morgan fingerprint density at radius 1 is 1.24 bits per heavy atom. The number of thiophene rings is 1. The molecule has 1 aliphatic heterocycles. The number of amides is 2. The van der Waals surface area contributed by atoms with Crippen LogP contribution in [-0.4, -0.2) is 50.4 Å². The highest BCUT2D eigenvalue weighted by atomic mass is 32.2. The Morgan fingerprint density at radius 3 is 2.55 bits per heavy atom. The third-order valence-corrected chi connectivity index (χ3v) is 6.60. The second kappa shape index (κ2) is 7.03. The van der Waals surface area contributed by atoms with Crippen molar-refractivity contribution in [2.45, 2.75) is 25.0 Å². The number of benzene rings is 1. The van der Waals surface area contributed by atoms with Crippen LogP contribution in [0.25, 0.3) is 0 Å². The quantitative estimate of drug-likeness (QED) is 0.662. The molecule has 8 nitrogen and oxygen atoms in total. The molecule has 0 radical (unpaired) electrons. The van der Waals surface area contributed by atoms with E-state index in [1.807, 2.05) is 0 Å². The summed E-state index contributed by atoms with van der Waals surface area (Å²) < 4.78 is 35.5. The van der Waals surface area contributed by atoms with E-state index < -0.39 is 33.4 Å². The molecule has 1 atom stereocenters. The number of sulfone groups is 1. The molecule has 1 saturated carbocycles. The molecule has 0 saturated heterocycles. The van der Waals surface area contributed by atoms with Crippen LogP contribution in [0.5, 0.6) is 11.5 Å². The van der Waals surface area contributed by atoms with Gasteiger partial charge in [0.1, 0.15) is 9.84 Å². The zero-order valence-corrected chi connectivity index (χ0v) is 17.5. The number of rotatable bonds is 7. The van der Waals surface area contributed by atoms with Crippen LogP contribution in [0, 0.1) is 0 Å². The second-order valence-electron chi connectivity index (χ2n) is 7.20. The van der Waals surface area contributed by atoms with Gasteiger partial charge in [-0.15, -0.1) is 11.3 Å². The van der Waals surface area contributed by atoms with Crippen molar-refractivity contribution in [1.82, 2.24) is 4.90 Å². The van der Waals surface area contributed by atoms with E-state index in [4.69, 9.17) is 15.2 Å². The van der Waals surface area contributed by atoms with Gasteiger partial charge in [0, 0.05) is 11.6 Å². The number of hydrogen-bond acceptors (Lipinski definition) is 8. The van der Waals surface area contributed by atoms with Gasteiger partial charge in [-0.05, 0) is 30.5 Å². The van der Waals surface area contributed by atoms with E-state index in [-0.39, 0.29) is 22.2 Å². The summed E-state index contributed by atoms with van der Waals surface area (Å²) in [7, 11) is -2.01. The number of hydrogen-bond donors (Lipinski definition) is 1. The number of imide groups is 1. The van der Waals surface area contributed by atoms with Crippen LogP contribution >= 0.6 is 11.3 Å². The Hall–Kier alpha value is -2.59. The lowest BCUT2D eigenvalue weighted by Crippen LogP contribution is -2.38. The molecule has 4 rings (SSSR count). The van der Waals surface area contributed by atoms with Crippen molar-refractivity contribution in [3.63, 3.8) is 0 Å². The minimum absolute atomic E-state index is 0.0917. The highest BCUT2D eigenvalue weighted by Gasteiger charge is 2.44. The Labute approximate surface area is 172 Å². The number of carbonyl (C=O) groups excluding carboxylic acids is 2. The summed E-state index contributed by atoms with van der Waals surface area (Å²) in [6.45, 7) is 0. The highest BCUT2D eigenvalue weighted by molar-refractivity contribution is 7.90. The normalized spacial score (nSPS) is 17.4. The molecule has 0 bridgehead atoms. The smallest absolute Gasteiger partial charge is 0.265 e. The first kappa shape index (κ1) is 19.7. The van der Waals surface area contributed by atoms with E-state index in [0.717, 1.165) is 35.3 Å². The van der Waals surface area contributed by atoms with Gasteiger partial charge in [-0.3, -0.25) is 14.5 Å². The molecule has 1 aromatic heterocycles. The SMILES string of the molecule is COc1ccc(C(CS(C)(=O)=O)N2C(=O)c3csc(N)c3C2=O)cc1OC1CC1. The molecule has 2 N–H and O–H groups in total. The van der Waals surface area contributed by atoms with Gasteiger partial charge < -0.3 is 15.2 Å². The summed E-state index contributed by atoms with van der Waals surface area (Å²) in [6, 6.07) is 3.93. The van der Waals surface area contributed by atoms with Gasteiger partial charge in [0.15, 0.2) is 11.5 Å². The molecule has 1 unspecified atom stereocenters. The third kappa shape index (κ3) is 3.69. The second-order valence-corrected chi connectivity index (χ2v) is 10.3. The lowest BCUT2D eigenvalue weighted by Gasteiger charge is -2.27. The number of nitrogens with zero attached hydrogens (tertiary/aromatic N) is 1. The van der Waals surface area contributed by atoms with Crippen LogP contribution in [0.4, 0.5) is 5.00 Å². The van der Waals surface area contributed by atoms with Crippen LogP contribution < -0.4 is 15.2 Å². The lowest BCUT2D eigenvalue weighted by atomic mass is 10.1. The maximum Gasteiger partial charge on any atom is 0.265 e. The number of ether oxygens (including phenoxy) is 2. The van der Waals surface area contributed by atoms with Gasteiger partial charge in [0.25, 0.3) is 11.8 Å². The van der Waals surface area contributed by atoms with E-state index in [9.17, 15) is 18.0 Å². The molecule has 2 aliphatic rings. The van der Waals surface area contributed by atoms with Crippen molar-refractivity contribution >= 4 is 38.0 Å². The minimum Gasteiger partial charge on any atom is -0.493 e. The number of fused-ring (bicyclic) bond motifs is 1. The Morgan fingerprint density at radius 2 is 1.97 bits per heavy atom. The fourth-order valence-corrected chi connectivity index (χ4v) is 5.03. The standard InChI is InChI=1S/C19H20N2O6S2/c1-26-14-6-3-10(7-15(14)27-11-4-5-11)13(9-29(2,24)25)21-18(22)12-8-28-17(20)16(12)19(21)23/h3,6-8,11,13H,4-5,9,20H2,1-2H3. The summed E-state index contributed by atoms with van der Waals surface area (Å²) in [5.74, 6) is -0.586. The van der Waals surface area contributed by atoms with Crippen molar-refractivity contribution in [3.05, 3.63) is 40.3 Å². The van der Waals surface area contributed by atoms with E-state index in [1.165, 1.54) is 12.5 Å². The third-order valence-electron chi connectivity index (χ3n) is 4.86. The van der Waals surface area contributed by atoms with Gasteiger partial charge in [-0.25, -0.2) is 8.42 Å². The molecule has 10 heteroatoms. The van der Waals surface area contributed by atoms with E-state index in [0.29, 0.717) is 17.1 Å². The maximum absolute atomic E-state index is 13.0. The first-order valence-electron chi connectivity index (χ1n) is 8.96. The zero-order chi connectivity index (χ0) is 20.9. The average Bonchev–Trinajstić information content (AvgIpc) is 3.32. The Bertz CT molecular complexity index is 1100. The van der Waals surface area contributed by atoms with Crippen LogP contribution in [-0.2, 0) is 9.84 Å². The van der Waals surface area contributed by atoms with Gasteiger partial charge in [-0.2, -0.15) is 0 Å². The summed E-state index contributed by atoms with van der Waals surface area (Å²) in [5, 5.41) is 1.77. The van der Waals surface area contributed by atoms with Crippen LogP contribution in [0.15, 0.2) is 23.6 Å². The van der Waals surface area contributed by atoms with E-state index in [2.05, 4.69) is 0 Å². The lowest BCUT2D eigenvalue weighted by molar-refractivity contribution is 0.0597. The number of nitrogens with two attached hydrogens (primary N) is 1. The van der Waals surface area contributed by atoms with Crippen LogP contribution in [0.3, 0.4) is 0 Å². The van der Waals surface area contributed by atoms with E-state index in [1.54, 1.807) is 18.2 Å². The van der Waals surface area contributed by atoms with Gasteiger partial charge in [-0.1, -0.05) is 6.07 Å². The minimum atomic E-state index is -3.52. The summed E-state index contributed by atoms with van der Waals surface area (Å²) in [6.07, 6.45) is 3.03. The van der Waals surface area contributed by atoms with Crippen molar-refractivity contribution in [2.75, 3.05) is 24.9 Å². The maximum atomic E-state index is 13.0. The summed E-state index contributed by atoms with van der Waals surface area (Å²) in [4.78, 5) is 26.9. The summed E-state index contributed by atoms with van der Waals surface area (Å²) in [5.41, 5.74) is 6.68. The molecule has 1 aromatic carbocycles. The monoisotopic (exact) mass is 436 g/mol. The molecule has 154 valence electrons. The Balaban J connectivity index is 1.77. The van der Waals surface area contributed by atoms with E-state index >= 15 is 0 Å². The topological polar surface area (TPSA) is 116 Å². The fourth-order valence-electron chi connectivity index (χ4n) is 3.34. The zero-order valence-electron chi connectivity index (χ0n) is 15.9. The van der Waals surface area contributed by atoms with Crippen LogP contribution in [0.2, 0.25) is 0 Å².